The molecule has 35 heavy (non-hydrogen) atoms. The Bertz CT molecular complexity index is 1790. The molecular weight excluding hydrogens is 424 g/mol. The quantitative estimate of drug-likeness (QED) is 0.255. The number of aromatic nitrogens is 2. The van der Waals surface area contributed by atoms with Crippen molar-refractivity contribution < 1.29 is 0 Å². The van der Waals surface area contributed by atoms with Crippen molar-refractivity contribution in [3.05, 3.63) is 90.0 Å². The summed E-state index contributed by atoms with van der Waals surface area (Å²) in [5.41, 5.74) is 9.52. The lowest BCUT2D eigenvalue weighted by Crippen LogP contribution is -2.40. The molecule has 0 radical (unpaired) electrons. The highest BCUT2D eigenvalue weighted by Gasteiger charge is 2.42. The monoisotopic (exact) mass is 456 g/mol. The van der Waals surface area contributed by atoms with Gasteiger partial charge < -0.3 is 9.55 Å². The van der Waals surface area contributed by atoms with E-state index in [9.17, 15) is 0 Å². The molecule has 0 saturated carbocycles. The van der Waals surface area contributed by atoms with Gasteiger partial charge in [0.05, 0.1) is 11.0 Å². The number of aromatic amines is 1. The first-order valence-corrected chi connectivity index (χ1v) is 12.9. The maximum atomic E-state index is 3.64. The third kappa shape index (κ3) is 2.71. The first kappa shape index (κ1) is 20.8. The summed E-state index contributed by atoms with van der Waals surface area (Å²) >= 11 is 0. The molecule has 6 aromatic rings. The summed E-state index contributed by atoms with van der Waals surface area (Å²) in [6, 6.07) is 29.3. The van der Waals surface area contributed by atoms with Gasteiger partial charge in [-0.25, -0.2) is 0 Å². The molecule has 0 spiro atoms. The number of rotatable bonds is 1. The predicted octanol–water partition coefficient (Wildman–Crippen LogP) is 9.01. The molecule has 2 heterocycles. The van der Waals surface area contributed by atoms with Crippen molar-refractivity contribution in [3.8, 4) is 5.69 Å². The summed E-state index contributed by atoms with van der Waals surface area (Å²) in [5, 5.41) is 5.25. The second kappa shape index (κ2) is 6.79. The smallest absolute Gasteiger partial charge is 0.0548 e. The highest BCUT2D eigenvalue weighted by atomic mass is 15.0. The van der Waals surface area contributed by atoms with Gasteiger partial charge in [0.1, 0.15) is 0 Å². The van der Waals surface area contributed by atoms with E-state index in [1.807, 2.05) is 0 Å². The van der Waals surface area contributed by atoms with Gasteiger partial charge in [0.25, 0.3) is 0 Å². The molecule has 1 aliphatic carbocycles. The molecule has 1 unspecified atom stereocenters. The number of fused-ring (bicyclic) bond motifs is 8. The Kier molecular flexibility index (Phi) is 4.04. The van der Waals surface area contributed by atoms with Crippen LogP contribution in [0.2, 0.25) is 0 Å². The minimum absolute atomic E-state index is 0.143. The topological polar surface area (TPSA) is 20.7 Å². The number of hydrogen-bond acceptors (Lipinski definition) is 0. The molecule has 0 saturated heterocycles. The van der Waals surface area contributed by atoms with Crippen molar-refractivity contribution >= 4 is 43.6 Å². The van der Waals surface area contributed by atoms with Crippen LogP contribution >= 0.6 is 0 Å². The van der Waals surface area contributed by atoms with Gasteiger partial charge in [0, 0.05) is 38.3 Å². The molecule has 2 heteroatoms. The number of para-hydroxylation sites is 2. The first-order chi connectivity index (χ1) is 16.8. The van der Waals surface area contributed by atoms with Crippen molar-refractivity contribution in [1.82, 2.24) is 9.55 Å². The molecule has 7 rings (SSSR count). The molecule has 1 aliphatic rings. The van der Waals surface area contributed by atoms with Gasteiger partial charge in [0.15, 0.2) is 0 Å². The van der Waals surface area contributed by atoms with E-state index in [-0.39, 0.29) is 10.8 Å². The van der Waals surface area contributed by atoms with Gasteiger partial charge in [0.2, 0.25) is 0 Å². The average molecular weight is 457 g/mol. The average Bonchev–Trinajstić information content (AvgIpc) is 3.38. The van der Waals surface area contributed by atoms with Gasteiger partial charge >= 0.3 is 0 Å². The lowest BCUT2D eigenvalue weighted by atomic mass is 9.58. The van der Waals surface area contributed by atoms with Crippen molar-refractivity contribution in [2.24, 2.45) is 5.92 Å². The molecule has 2 aromatic heterocycles. The number of nitrogens with one attached hydrogen (secondary N) is 1. The van der Waals surface area contributed by atoms with Crippen LogP contribution in [0.5, 0.6) is 0 Å². The maximum Gasteiger partial charge on any atom is 0.0548 e. The van der Waals surface area contributed by atoms with E-state index < -0.39 is 0 Å². The van der Waals surface area contributed by atoms with Crippen LogP contribution in [0.25, 0.3) is 49.3 Å². The lowest BCUT2D eigenvalue weighted by molar-refractivity contribution is 0.233. The molecule has 174 valence electrons. The predicted molar refractivity (Wildman–Crippen MR) is 150 cm³/mol. The largest absolute Gasteiger partial charge is 0.354 e. The summed E-state index contributed by atoms with van der Waals surface area (Å²) < 4.78 is 2.48. The Balaban J connectivity index is 1.60. The molecular formula is C33H32N2. The second-order valence-electron chi connectivity index (χ2n) is 11.8. The number of nitrogens with zero attached hydrogens (tertiary/aromatic N) is 1. The summed E-state index contributed by atoms with van der Waals surface area (Å²) in [4.78, 5) is 3.64. The lowest BCUT2D eigenvalue weighted by Gasteiger charge is -2.46. The fraction of sp³-hybridized carbons (Fsp3) is 0.273. The van der Waals surface area contributed by atoms with Crippen molar-refractivity contribution in [3.63, 3.8) is 0 Å². The fourth-order valence-electron chi connectivity index (χ4n) is 6.87. The Hall–Kier alpha value is -3.52. The van der Waals surface area contributed by atoms with Crippen LogP contribution in [0.15, 0.2) is 78.9 Å². The molecule has 0 aliphatic heterocycles. The minimum Gasteiger partial charge on any atom is -0.354 e. The Morgan fingerprint density at radius 3 is 2.29 bits per heavy atom. The zero-order valence-corrected chi connectivity index (χ0v) is 21.2. The molecule has 4 aromatic carbocycles. The molecule has 0 bridgehead atoms. The van der Waals surface area contributed by atoms with Crippen LogP contribution in [0.4, 0.5) is 0 Å². The van der Waals surface area contributed by atoms with Gasteiger partial charge in [-0.2, -0.15) is 0 Å². The third-order valence-corrected chi connectivity index (χ3v) is 9.04. The Morgan fingerprint density at radius 2 is 1.46 bits per heavy atom. The van der Waals surface area contributed by atoms with E-state index in [0.717, 1.165) is 0 Å². The van der Waals surface area contributed by atoms with Crippen molar-refractivity contribution in [2.45, 2.75) is 51.9 Å². The van der Waals surface area contributed by atoms with E-state index in [0.29, 0.717) is 5.92 Å². The number of H-pyrrole nitrogens is 1. The van der Waals surface area contributed by atoms with E-state index in [1.54, 1.807) is 0 Å². The molecule has 1 N–H and O–H groups in total. The molecule has 1 atom stereocenters. The van der Waals surface area contributed by atoms with Crippen LogP contribution in [-0.4, -0.2) is 9.55 Å². The highest BCUT2D eigenvalue weighted by Crippen LogP contribution is 2.50. The highest BCUT2D eigenvalue weighted by molar-refractivity contribution is 6.28. The number of benzene rings is 4. The standard InChI is InChI=1S/C33H32N2/c1-20-19-32(2,3)24-15-14-21(18-25(24)33(20,4)5)35-28-13-9-7-11-23(28)31-29(35)17-16-27-30(31)22-10-6-8-12-26(22)34-27/h6-18,20,34H,19H2,1-5H3. The van der Waals surface area contributed by atoms with Crippen LogP contribution in [0, 0.1) is 5.92 Å². The molecule has 0 amide bonds. The maximum absolute atomic E-state index is 3.64. The van der Waals surface area contributed by atoms with Crippen LogP contribution in [0.3, 0.4) is 0 Å². The van der Waals surface area contributed by atoms with Gasteiger partial charge in [-0.05, 0) is 70.7 Å². The Labute approximate surface area is 206 Å². The molecule has 2 nitrogen and oxygen atoms in total. The summed E-state index contributed by atoms with van der Waals surface area (Å²) in [5.74, 6) is 0.629. The minimum atomic E-state index is 0.143. The van der Waals surface area contributed by atoms with Crippen LogP contribution in [0.1, 0.15) is 52.2 Å². The van der Waals surface area contributed by atoms with Crippen molar-refractivity contribution in [1.29, 1.82) is 0 Å². The summed E-state index contributed by atoms with van der Waals surface area (Å²) in [6.07, 6.45) is 1.22. The van der Waals surface area contributed by atoms with E-state index in [4.69, 9.17) is 0 Å². The van der Waals surface area contributed by atoms with E-state index in [2.05, 4.69) is 123 Å². The SMILES string of the molecule is CC1CC(C)(C)c2ccc(-n3c4ccccc4c4c5c(ccc43)[nH]c3ccccc35)cc2C1(C)C. The van der Waals surface area contributed by atoms with Gasteiger partial charge in [-0.15, -0.1) is 0 Å². The van der Waals surface area contributed by atoms with E-state index >= 15 is 0 Å². The first-order valence-electron chi connectivity index (χ1n) is 12.9. The van der Waals surface area contributed by atoms with Crippen LogP contribution in [-0.2, 0) is 10.8 Å². The van der Waals surface area contributed by atoms with Gasteiger partial charge in [-0.1, -0.05) is 77.1 Å². The zero-order valence-electron chi connectivity index (χ0n) is 21.2. The summed E-state index contributed by atoms with van der Waals surface area (Å²) in [6.45, 7) is 12.1. The fourth-order valence-corrected chi connectivity index (χ4v) is 6.87. The normalized spacial score (nSPS) is 19.1. The second-order valence-corrected chi connectivity index (χ2v) is 11.8. The number of hydrogen-bond donors (Lipinski definition) is 1. The molecule has 0 fully saturated rings. The van der Waals surface area contributed by atoms with Crippen LogP contribution < -0.4 is 0 Å². The zero-order chi connectivity index (χ0) is 24.1. The summed E-state index contributed by atoms with van der Waals surface area (Å²) in [7, 11) is 0. The van der Waals surface area contributed by atoms with E-state index in [1.165, 1.54) is 66.8 Å². The van der Waals surface area contributed by atoms with Gasteiger partial charge in [-0.3, -0.25) is 0 Å². The third-order valence-electron chi connectivity index (χ3n) is 9.04. The van der Waals surface area contributed by atoms with Crippen molar-refractivity contribution in [2.75, 3.05) is 0 Å². The Morgan fingerprint density at radius 1 is 0.714 bits per heavy atom.